The van der Waals surface area contributed by atoms with Crippen molar-refractivity contribution in [2.75, 3.05) is 20.2 Å². The van der Waals surface area contributed by atoms with E-state index in [2.05, 4.69) is 10.6 Å². The number of hydrogen-bond acceptors (Lipinski definition) is 6. The van der Waals surface area contributed by atoms with Crippen LogP contribution in [0, 0.1) is 0 Å². The SMILES string of the molecule is COc1ccc(Cl)cc1S(=O)(=O)N1CC(NC(=O)NC(C)(C)C)C(=O)N2C(Cc3ccc(Cl)cc3)C(=O)N(C(C)C)CC21. The van der Waals surface area contributed by atoms with Crippen LogP contribution < -0.4 is 15.4 Å². The van der Waals surface area contributed by atoms with Gasteiger partial charge in [0.15, 0.2) is 0 Å². The first-order valence-electron chi connectivity index (χ1n) is 13.8. The van der Waals surface area contributed by atoms with Gasteiger partial charge in [0.05, 0.1) is 13.7 Å². The van der Waals surface area contributed by atoms with Crippen LogP contribution in [0.5, 0.6) is 5.75 Å². The minimum Gasteiger partial charge on any atom is -0.495 e. The molecule has 43 heavy (non-hydrogen) atoms. The van der Waals surface area contributed by atoms with E-state index >= 15 is 0 Å². The maximum Gasteiger partial charge on any atom is 0.315 e. The van der Waals surface area contributed by atoms with Crippen molar-refractivity contribution in [3.8, 4) is 5.75 Å². The third-order valence-corrected chi connectivity index (χ3v) is 9.68. The van der Waals surface area contributed by atoms with E-state index in [9.17, 15) is 22.8 Å². The van der Waals surface area contributed by atoms with Crippen molar-refractivity contribution in [2.24, 2.45) is 0 Å². The number of benzene rings is 2. The van der Waals surface area contributed by atoms with Crippen molar-refractivity contribution in [2.45, 2.75) is 75.8 Å². The van der Waals surface area contributed by atoms with Gasteiger partial charge in [0, 0.05) is 34.6 Å². The van der Waals surface area contributed by atoms with Gasteiger partial charge in [-0.1, -0.05) is 35.3 Å². The summed E-state index contributed by atoms with van der Waals surface area (Å²) in [6.45, 7) is 8.55. The Morgan fingerprint density at radius 3 is 2.23 bits per heavy atom. The zero-order valence-electron chi connectivity index (χ0n) is 24.9. The van der Waals surface area contributed by atoms with Crippen molar-refractivity contribution in [1.82, 2.24) is 24.7 Å². The molecule has 0 bridgehead atoms. The van der Waals surface area contributed by atoms with E-state index in [1.807, 2.05) is 13.8 Å². The Hall–Kier alpha value is -3.06. The molecule has 2 aromatic rings. The minimum absolute atomic E-state index is 0.0631. The molecule has 0 radical (unpaired) electrons. The Kier molecular flexibility index (Phi) is 9.55. The van der Waals surface area contributed by atoms with Crippen LogP contribution in [0.3, 0.4) is 0 Å². The van der Waals surface area contributed by atoms with E-state index in [1.165, 1.54) is 30.2 Å². The molecule has 0 aromatic heterocycles. The normalized spacial score (nSPS) is 21.6. The third kappa shape index (κ3) is 7.03. The summed E-state index contributed by atoms with van der Waals surface area (Å²) in [7, 11) is -3.05. The molecule has 3 unspecified atom stereocenters. The molecular formula is C29H37Cl2N5O6S. The molecule has 11 nitrogen and oxygen atoms in total. The standard InChI is InChI=1S/C29H37Cl2N5O6S/c1-17(2)34-16-25-35(43(40,41)24-14-20(31)11-12-23(24)42-6)15-21(32-28(39)33-29(3,4)5)26(37)36(25)22(27(34)38)13-18-7-9-19(30)10-8-18/h7-12,14,17,21-22,25H,13,15-16H2,1-6H3,(H2,32,33,39). The minimum atomic E-state index is -4.39. The fourth-order valence-electron chi connectivity index (χ4n) is 5.34. The Labute approximate surface area is 262 Å². The molecule has 0 spiro atoms. The van der Waals surface area contributed by atoms with Crippen LogP contribution >= 0.6 is 23.2 Å². The van der Waals surface area contributed by atoms with Gasteiger partial charge in [0.1, 0.15) is 28.9 Å². The summed E-state index contributed by atoms with van der Waals surface area (Å²) in [5.74, 6) is -0.825. The van der Waals surface area contributed by atoms with Crippen molar-refractivity contribution in [3.63, 3.8) is 0 Å². The number of halogens is 2. The molecule has 2 fully saturated rings. The van der Waals surface area contributed by atoms with E-state index in [1.54, 1.807) is 49.9 Å². The largest absolute Gasteiger partial charge is 0.495 e. The van der Waals surface area contributed by atoms with Gasteiger partial charge >= 0.3 is 6.03 Å². The number of carbonyl (C=O) groups is 3. The lowest BCUT2D eigenvalue weighted by molar-refractivity contribution is -0.168. The highest BCUT2D eigenvalue weighted by Gasteiger charge is 2.54. The number of hydrogen-bond donors (Lipinski definition) is 2. The van der Waals surface area contributed by atoms with E-state index in [-0.39, 0.29) is 47.1 Å². The van der Waals surface area contributed by atoms with E-state index in [0.717, 1.165) is 9.87 Å². The highest BCUT2D eigenvalue weighted by atomic mass is 35.5. The van der Waals surface area contributed by atoms with Crippen LogP contribution in [0.2, 0.25) is 10.0 Å². The first-order chi connectivity index (χ1) is 20.0. The van der Waals surface area contributed by atoms with Crippen molar-refractivity contribution < 1.29 is 27.5 Å². The topological polar surface area (TPSA) is 128 Å². The number of urea groups is 1. The number of fused-ring (bicyclic) bond motifs is 1. The number of methoxy groups -OCH3 is 1. The summed E-state index contributed by atoms with van der Waals surface area (Å²) < 4.78 is 35.3. The Balaban J connectivity index is 1.85. The maximum absolute atomic E-state index is 14.4. The quantitative estimate of drug-likeness (QED) is 0.471. The van der Waals surface area contributed by atoms with Gasteiger partial charge in [-0.15, -0.1) is 0 Å². The van der Waals surface area contributed by atoms with Gasteiger partial charge in [-0.05, 0) is 70.5 Å². The highest BCUT2D eigenvalue weighted by molar-refractivity contribution is 7.89. The first-order valence-corrected chi connectivity index (χ1v) is 16.0. The van der Waals surface area contributed by atoms with Crippen LogP contribution in [0.25, 0.3) is 0 Å². The lowest BCUT2D eigenvalue weighted by atomic mass is 9.96. The summed E-state index contributed by atoms with van der Waals surface area (Å²) in [6.07, 6.45) is -0.959. The molecule has 14 heteroatoms. The van der Waals surface area contributed by atoms with Crippen LogP contribution in [-0.4, -0.2) is 90.4 Å². The Morgan fingerprint density at radius 1 is 1.02 bits per heavy atom. The number of nitrogens with zero attached hydrogens (tertiary/aromatic N) is 3. The Morgan fingerprint density at radius 2 is 1.65 bits per heavy atom. The third-order valence-electron chi connectivity index (χ3n) is 7.30. The fraction of sp³-hybridized carbons (Fsp3) is 0.483. The van der Waals surface area contributed by atoms with Gasteiger partial charge in [0.2, 0.25) is 21.8 Å². The molecule has 2 saturated heterocycles. The summed E-state index contributed by atoms with van der Waals surface area (Å²) in [5, 5.41) is 6.07. The van der Waals surface area contributed by atoms with Crippen LogP contribution in [0.1, 0.15) is 40.2 Å². The number of ether oxygens (including phenoxy) is 1. The average Bonchev–Trinajstić information content (AvgIpc) is 2.91. The number of nitrogens with one attached hydrogen (secondary N) is 2. The highest BCUT2D eigenvalue weighted by Crippen LogP contribution is 2.36. The van der Waals surface area contributed by atoms with E-state index in [0.29, 0.717) is 5.02 Å². The van der Waals surface area contributed by atoms with Gasteiger partial charge < -0.3 is 25.2 Å². The second-order valence-electron chi connectivity index (χ2n) is 11.9. The average molecular weight is 655 g/mol. The number of piperazine rings is 1. The van der Waals surface area contributed by atoms with Gasteiger partial charge in [0.25, 0.3) is 0 Å². The lowest BCUT2D eigenvalue weighted by Crippen LogP contribution is -2.76. The molecule has 0 aliphatic carbocycles. The maximum atomic E-state index is 14.4. The molecule has 4 amide bonds. The van der Waals surface area contributed by atoms with Crippen molar-refractivity contribution >= 4 is 51.1 Å². The van der Waals surface area contributed by atoms with Crippen LogP contribution in [0.4, 0.5) is 4.79 Å². The summed E-state index contributed by atoms with van der Waals surface area (Å²) in [6, 6.07) is 7.85. The summed E-state index contributed by atoms with van der Waals surface area (Å²) >= 11 is 12.3. The number of rotatable bonds is 7. The molecule has 234 valence electrons. The fourth-order valence-corrected chi connectivity index (χ4v) is 7.47. The van der Waals surface area contributed by atoms with E-state index < -0.39 is 45.7 Å². The molecule has 3 atom stereocenters. The number of amides is 4. The molecule has 4 rings (SSSR count). The van der Waals surface area contributed by atoms with Crippen LogP contribution in [-0.2, 0) is 26.0 Å². The molecular weight excluding hydrogens is 617 g/mol. The summed E-state index contributed by atoms with van der Waals surface area (Å²) in [4.78, 5) is 43.7. The van der Waals surface area contributed by atoms with Gasteiger partial charge in [-0.2, -0.15) is 4.31 Å². The molecule has 2 aromatic carbocycles. The lowest BCUT2D eigenvalue weighted by Gasteiger charge is -2.54. The molecule has 2 heterocycles. The second kappa shape index (κ2) is 12.5. The molecule has 2 N–H and O–H groups in total. The van der Waals surface area contributed by atoms with Gasteiger partial charge in [-0.25, -0.2) is 13.2 Å². The molecule has 0 saturated carbocycles. The van der Waals surface area contributed by atoms with Crippen molar-refractivity contribution in [1.29, 1.82) is 0 Å². The smallest absolute Gasteiger partial charge is 0.315 e. The summed E-state index contributed by atoms with van der Waals surface area (Å²) in [5.41, 5.74) is 0.103. The predicted molar refractivity (Wildman–Crippen MR) is 164 cm³/mol. The predicted octanol–water partition coefficient (Wildman–Crippen LogP) is 3.49. The first kappa shape index (κ1) is 32.8. The van der Waals surface area contributed by atoms with Crippen LogP contribution in [0.15, 0.2) is 47.4 Å². The molecule has 2 aliphatic heterocycles. The number of sulfonamides is 1. The monoisotopic (exact) mass is 653 g/mol. The zero-order valence-corrected chi connectivity index (χ0v) is 27.3. The zero-order chi connectivity index (χ0) is 31.9. The molecule has 2 aliphatic rings. The van der Waals surface area contributed by atoms with Gasteiger partial charge in [-0.3, -0.25) is 9.59 Å². The number of carbonyl (C=O) groups excluding carboxylic acids is 3. The Bertz CT molecular complexity index is 1500. The van der Waals surface area contributed by atoms with E-state index in [4.69, 9.17) is 27.9 Å². The van der Waals surface area contributed by atoms with Crippen molar-refractivity contribution in [3.05, 3.63) is 58.1 Å². The second-order valence-corrected chi connectivity index (χ2v) is 14.7.